The Hall–Kier alpha value is -3.38. The summed E-state index contributed by atoms with van der Waals surface area (Å²) >= 11 is 6.15. The number of halogens is 2. The van der Waals surface area contributed by atoms with Crippen LogP contribution in [0.5, 0.6) is 0 Å². The number of anilines is 2. The highest BCUT2D eigenvalue weighted by Crippen LogP contribution is 2.31. The maximum Gasteiger partial charge on any atom is 0.258 e. The minimum Gasteiger partial charge on any atom is -0.366 e. The zero-order valence-corrected chi connectivity index (χ0v) is 17.5. The lowest BCUT2D eigenvalue weighted by Crippen LogP contribution is -2.49. The molecule has 0 atom stereocenters. The SMILES string of the molecule is O=C(Nc1cc(Cl)ccc1N1CCN(C(=O)c2ccccc2)CC1)c1ccccc1F. The van der Waals surface area contributed by atoms with Crippen molar-refractivity contribution in [3.8, 4) is 0 Å². The lowest BCUT2D eigenvalue weighted by molar-refractivity contribution is 0.0746. The molecule has 5 nitrogen and oxygen atoms in total. The first-order chi connectivity index (χ1) is 15.0. The van der Waals surface area contributed by atoms with E-state index in [4.69, 9.17) is 11.6 Å². The summed E-state index contributed by atoms with van der Waals surface area (Å²) in [5.74, 6) is -1.12. The third kappa shape index (κ3) is 4.70. The van der Waals surface area contributed by atoms with Crippen molar-refractivity contribution in [3.05, 3.63) is 94.8 Å². The number of rotatable bonds is 4. The van der Waals surface area contributed by atoms with Crippen LogP contribution in [-0.2, 0) is 0 Å². The van der Waals surface area contributed by atoms with Crippen LogP contribution in [0.3, 0.4) is 0 Å². The fourth-order valence-corrected chi connectivity index (χ4v) is 3.80. The Labute approximate surface area is 185 Å². The Balaban J connectivity index is 1.49. The fraction of sp³-hybridized carbons (Fsp3) is 0.167. The van der Waals surface area contributed by atoms with Gasteiger partial charge in [-0.05, 0) is 42.5 Å². The molecule has 1 N–H and O–H groups in total. The van der Waals surface area contributed by atoms with Gasteiger partial charge in [-0.15, -0.1) is 0 Å². The van der Waals surface area contributed by atoms with Crippen LogP contribution in [0.4, 0.5) is 15.8 Å². The van der Waals surface area contributed by atoms with Gasteiger partial charge in [0.05, 0.1) is 16.9 Å². The number of carbonyl (C=O) groups excluding carboxylic acids is 2. The Morgan fingerprint density at radius 1 is 0.871 bits per heavy atom. The smallest absolute Gasteiger partial charge is 0.258 e. The first-order valence-corrected chi connectivity index (χ1v) is 10.4. The van der Waals surface area contributed by atoms with Gasteiger partial charge in [0.2, 0.25) is 0 Å². The number of nitrogens with zero attached hydrogens (tertiary/aromatic N) is 2. The molecule has 7 heteroatoms. The van der Waals surface area contributed by atoms with Gasteiger partial charge in [0.25, 0.3) is 11.8 Å². The number of hydrogen-bond donors (Lipinski definition) is 1. The normalized spacial score (nSPS) is 13.7. The van der Waals surface area contributed by atoms with E-state index in [1.165, 1.54) is 18.2 Å². The number of benzene rings is 3. The van der Waals surface area contributed by atoms with E-state index in [0.29, 0.717) is 42.5 Å². The van der Waals surface area contributed by atoms with E-state index >= 15 is 0 Å². The quantitative estimate of drug-likeness (QED) is 0.644. The number of amides is 2. The number of carbonyl (C=O) groups is 2. The predicted octanol–water partition coefficient (Wildman–Crippen LogP) is 4.69. The second-order valence-electron chi connectivity index (χ2n) is 7.24. The first-order valence-electron chi connectivity index (χ1n) is 9.97. The molecule has 1 fully saturated rings. The molecule has 3 aromatic rings. The summed E-state index contributed by atoms with van der Waals surface area (Å²) in [5, 5.41) is 3.24. The van der Waals surface area contributed by atoms with Gasteiger partial charge in [-0.3, -0.25) is 9.59 Å². The van der Waals surface area contributed by atoms with Crippen LogP contribution in [0, 0.1) is 5.82 Å². The highest BCUT2D eigenvalue weighted by molar-refractivity contribution is 6.31. The van der Waals surface area contributed by atoms with E-state index in [0.717, 1.165) is 5.69 Å². The summed E-state index contributed by atoms with van der Waals surface area (Å²) in [7, 11) is 0. The van der Waals surface area contributed by atoms with E-state index in [-0.39, 0.29) is 11.5 Å². The lowest BCUT2D eigenvalue weighted by Gasteiger charge is -2.37. The van der Waals surface area contributed by atoms with Crippen LogP contribution in [-0.4, -0.2) is 42.9 Å². The molecule has 1 aliphatic heterocycles. The Morgan fingerprint density at radius 3 is 2.26 bits per heavy atom. The van der Waals surface area contributed by atoms with Gasteiger partial charge in [-0.1, -0.05) is 41.9 Å². The van der Waals surface area contributed by atoms with E-state index in [9.17, 15) is 14.0 Å². The average Bonchev–Trinajstić information content (AvgIpc) is 2.80. The zero-order valence-electron chi connectivity index (χ0n) is 16.7. The Bertz CT molecular complexity index is 1100. The summed E-state index contributed by atoms with van der Waals surface area (Å²) in [6.07, 6.45) is 0. The molecule has 4 rings (SSSR count). The molecule has 158 valence electrons. The first kappa shape index (κ1) is 20.9. The van der Waals surface area contributed by atoms with Crippen molar-refractivity contribution in [1.29, 1.82) is 0 Å². The van der Waals surface area contributed by atoms with Crippen molar-refractivity contribution in [2.75, 3.05) is 36.4 Å². The minimum absolute atomic E-state index is 0.00411. The molecule has 0 unspecified atom stereocenters. The van der Waals surface area contributed by atoms with Crippen molar-refractivity contribution in [2.24, 2.45) is 0 Å². The third-order valence-electron chi connectivity index (χ3n) is 5.25. The van der Waals surface area contributed by atoms with Crippen LogP contribution in [0.1, 0.15) is 20.7 Å². The van der Waals surface area contributed by atoms with Crippen LogP contribution >= 0.6 is 11.6 Å². The van der Waals surface area contributed by atoms with Crippen LogP contribution in [0.2, 0.25) is 5.02 Å². The molecule has 0 bridgehead atoms. The highest BCUT2D eigenvalue weighted by atomic mass is 35.5. The van der Waals surface area contributed by atoms with Crippen LogP contribution < -0.4 is 10.2 Å². The van der Waals surface area contributed by atoms with Gasteiger partial charge in [0.15, 0.2) is 0 Å². The van der Waals surface area contributed by atoms with Gasteiger partial charge in [0.1, 0.15) is 5.82 Å². The summed E-state index contributed by atoms with van der Waals surface area (Å²) in [5.41, 5.74) is 1.91. The number of piperazine rings is 1. The Kier molecular flexibility index (Phi) is 6.18. The van der Waals surface area contributed by atoms with Crippen molar-refractivity contribution in [2.45, 2.75) is 0 Å². The molecular weight excluding hydrogens is 417 g/mol. The lowest BCUT2D eigenvalue weighted by atomic mass is 10.1. The zero-order chi connectivity index (χ0) is 21.8. The molecule has 0 radical (unpaired) electrons. The van der Waals surface area contributed by atoms with Crippen LogP contribution in [0.25, 0.3) is 0 Å². The van der Waals surface area contributed by atoms with E-state index in [2.05, 4.69) is 10.2 Å². The molecular formula is C24H21ClFN3O2. The minimum atomic E-state index is -0.586. The van der Waals surface area contributed by atoms with Crippen molar-refractivity contribution in [1.82, 2.24) is 4.90 Å². The van der Waals surface area contributed by atoms with Gasteiger partial charge in [0, 0.05) is 36.8 Å². The monoisotopic (exact) mass is 437 g/mol. The van der Waals surface area contributed by atoms with E-state index in [1.807, 2.05) is 41.3 Å². The summed E-state index contributed by atoms with van der Waals surface area (Å²) in [4.78, 5) is 29.2. The highest BCUT2D eigenvalue weighted by Gasteiger charge is 2.24. The number of hydrogen-bond acceptors (Lipinski definition) is 3. The molecule has 31 heavy (non-hydrogen) atoms. The second kappa shape index (κ2) is 9.18. The van der Waals surface area contributed by atoms with Crippen molar-refractivity contribution >= 4 is 34.8 Å². The maximum atomic E-state index is 14.0. The second-order valence-corrected chi connectivity index (χ2v) is 7.68. The topological polar surface area (TPSA) is 52.7 Å². The standard InChI is InChI=1S/C24H21ClFN3O2/c25-18-10-11-22(21(16-18)27-23(30)19-8-4-5-9-20(19)26)28-12-14-29(15-13-28)24(31)17-6-2-1-3-7-17/h1-11,16H,12-15H2,(H,27,30). The molecule has 1 saturated heterocycles. The molecule has 0 aliphatic carbocycles. The summed E-state index contributed by atoms with van der Waals surface area (Å²) in [6, 6.07) is 20.2. The van der Waals surface area contributed by atoms with Gasteiger partial charge >= 0.3 is 0 Å². The fourth-order valence-electron chi connectivity index (χ4n) is 3.63. The molecule has 2 amide bonds. The molecule has 0 aromatic heterocycles. The van der Waals surface area contributed by atoms with Crippen molar-refractivity contribution < 1.29 is 14.0 Å². The summed E-state index contributed by atoms with van der Waals surface area (Å²) in [6.45, 7) is 2.31. The molecule has 0 saturated carbocycles. The average molecular weight is 438 g/mol. The van der Waals surface area contributed by atoms with Gasteiger partial charge in [-0.25, -0.2) is 4.39 Å². The van der Waals surface area contributed by atoms with Crippen molar-refractivity contribution in [3.63, 3.8) is 0 Å². The largest absolute Gasteiger partial charge is 0.366 e. The van der Waals surface area contributed by atoms with E-state index in [1.54, 1.807) is 18.2 Å². The van der Waals surface area contributed by atoms with Gasteiger partial charge < -0.3 is 15.1 Å². The number of nitrogens with one attached hydrogen (secondary N) is 1. The van der Waals surface area contributed by atoms with E-state index < -0.39 is 11.7 Å². The molecule has 1 heterocycles. The molecule has 0 spiro atoms. The molecule has 1 aliphatic rings. The maximum absolute atomic E-state index is 14.0. The van der Waals surface area contributed by atoms with Crippen LogP contribution in [0.15, 0.2) is 72.8 Å². The third-order valence-corrected chi connectivity index (χ3v) is 5.49. The molecule has 3 aromatic carbocycles. The summed E-state index contributed by atoms with van der Waals surface area (Å²) < 4.78 is 14.0. The van der Waals surface area contributed by atoms with Gasteiger partial charge in [-0.2, -0.15) is 0 Å². The predicted molar refractivity (Wildman–Crippen MR) is 120 cm³/mol. The Morgan fingerprint density at radius 2 is 1.55 bits per heavy atom.